The second-order valence-electron chi connectivity index (χ2n) is 5.39. The van der Waals surface area contributed by atoms with E-state index in [0.717, 1.165) is 19.0 Å². The van der Waals surface area contributed by atoms with E-state index in [0.29, 0.717) is 0 Å². The fourth-order valence-corrected chi connectivity index (χ4v) is 2.80. The summed E-state index contributed by atoms with van der Waals surface area (Å²) in [5, 5.41) is 7.57. The van der Waals surface area contributed by atoms with Crippen molar-refractivity contribution in [1.82, 2.24) is 24.9 Å². The highest BCUT2D eigenvalue weighted by molar-refractivity contribution is 5.00. The summed E-state index contributed by atoms with van der Waals surface area (Å²) in [6, 6.07) is 2.93. The van der Waals surface area contributed by atoms with Crippen molar-refractivity contribution < 1.29 is 0 Å². The second kappa shape index (κ2) is 5.38. The molecule has 0 amide bonds. The van der Waals surface area contributed by atoms with E-state index < -0.39 is 0 Å². The number of hydrogen-bond donors (Lipinski definition) is 1. The normalized spacial score (nSPS) is 23.2. The Morgan fingerprint density at radius 3 is 2.61 bits per heavy atom. The van der Waals surface area contributed by atoms with Gasteiger partial charge in [-0.3, -0.25) is 9.58 Å². The van der Waals surface area contributed by atoms with E-state index in [2.05, 4.69) is 26.3 Å². The molecule has 0 spiro atoms. The molecule has 0 aromatic carbocycles. The minimum absolute atomic E-state index is 0.809. The topological polar surface area (TPSA) is 36.3 Å². The predicted octanol–water partition coefficient (Wildman–Crippen LogP) is -0.448. The molecule has 3 rings (SSSR count). The molecule has 0 aliphatic carbocycles. The van der Waals surface area contributed by atoms with Gasteiger partial charge in [0.1, 0.15) is 0 Å². The second-order valence-corrected chi connectivity index (χ2v) is 5.39. The van der Waals surface area contributed by atoms with Gasteiger partial charge in [-0.1, -0.05) is 0 Å². The van der Waals surface area contributed by atoms with E-state index in [4.69, 9.17) is 0 Å². The van der Waals surface area contributed by atoms with Gasteiger partial charge in [0.25, 0.3) is 0 Å². The Kier molecular flexibility index (Phi) is 3.63. The monoisotopic (exact) mass is 249 g/mol. The first-order chi connectivity index (χ1) is 8.83. The summed E-state index contributed by atoms with van der Waals surface area (Å²) in [7, 11) is 2.02. The Balaban J connectivity index is 1.41. The Morgan fingerprint density at radius 2 is 2.06 bits per heavy atom. The summed E-state index contributed by atoms with van der Waals surface area (Å²) in [5.41, 5.74) is 1.33. The largest absolute Gasteiger partial charge is 0.314 e. The van der Waals surface area contributed by atoms with E-state index in [1.165, 1.54) is 45.0 Å². The first-order valence-corrected chi connectivity index (χ1v) is 6.97. The molecule has 1 aromatic heterocycles. The van der Waals surface area contributed by atoms with Crippen molar-refractivity contribution in [2.24, 2.45) is 7.05 Å². The van der Waals surface area contributed by atoms with Gasteiger partial charge in [-0.2, -0.15) is 5.10 Å². The molecule has 3 heterocycles. The van der Waals surface area contributed by atoms with Crippen LogP contribution in [-0.4, -0.2) is 71.4 Å². The maximum Gasteiger partial charge on any atom is 0.0492 e. The van der Waals surface area contributed by atoms with Gasteiger partial charge in [-0.25, -0.2) is 0 Å². The highest BCUT2D eigenvalue weighted by Gasteiger charge is 2.27. The zero-order valence-electron chi connectivity index (χ0n) is 11.2. The third kappa shape index (κ3) is 2.58. The van der Waals surface area contributed by atoms with Crippen LogP contribution in [0.1, 0.15) is 5.69 Å². The molecule has 0 atom stereocenters. The quantitative estimate of drug-likeness (QED) is 0.784. The molecule has 2 fully saturated rings. The van der Waals surface area contributed by atoms with Crippen LogP contribution >= 0.6 is 0 Å². The molecule has 5 heteroatoms. The van der Waals surface area contributed by atoms with Gasteiger partial charge in [0.15, 0.2) is 0 Å². The van der Waals surface area contributed by atoms with Crippen molar-refractivity contribution >= 4 is 0 Å². The Hall–Kier alpha value is -0.910. The van der Waals surface area contributed by atoms with Crippen molar-refractivity contribution in [3.8, 4) is 0 Å². The smallest absolute Gasteiger partial charge is 0.0492 e. The summed E-state index contributed by atoms with van der Waals surface area (Å²) < 4.78 is 1.98. The number of aromatic nitrogens is 2. The SMILES string of the molecule is Cn1nccc1CCN1CCN(C2CNC2)CC1. The Morgan fingerprint density at radius 1 is 1.28 bits per heavy atom. The average Bonchev–Trinajstić information content (AvgIpc) is 2.72. The van der Waals surface area contributed by atoms with E-state index in [-0.39, 0.29) is 0 Å². The van der Waals surface area contributed by atoms with Gasteiger partial charge in [0.2, 0.25) is 0 Å². The third-order valence-corrected chi connectivity index (χ3v) is 4.29. The minimum atomic E-state index is 0.809. The number of rotatable bonds is 4. The molecular formula is C13H23N5. The molecule has 1 N–H and O–H groups in total. The molecule has 0 unspecified atom stereocenters. The summed E-state index contributed by atoms with van der Waals surface area (Å²) in [6.45, 7) is 8.44. The van der Waals surface area contributed by atoms with Crippen LogP contribution in [-0.2, 0) is 13.5 Å². The molecule has 2 aliphatic rings. The lowest BCUT2D eigenvalue weighted by Crippen LogP contribution is -2.61. The van der Waals surface area contributed by atoms with Crippen molar-refractivity contribution in [2.75, 3.05) is 45.8 Å². The van der Waals surface area contributed by atoms with Gasteiger partial charge < -0.3 is 10.2 Å². The minimum Gasteiger partial charge on any atom is -0.314 e. The van der Waals surface area contributed by atoms with Gasteiger partial charge >= 0.3 is 0 Å². The molecule has 18 heavy (non-hydrogen) atoms. The number of aryl methyl sites for hydroxylation is 1. The lowest BCUT2D eigenvalue weighted by Gasteiger charge is -2.43. The first-order valence-electron chi connectivity index (χ1n) is 6.97. The van der Waals surface area contributed by atoms with Crippen molar-refractivity contribution in [3.05, 3.63) is 18.0 Å². The van der Waals surface area contributed by atoms with Crippen molar-refractivity contribution in [2.45, 2.75) is 12.5 Å². The molecule has 0 saturated carbocycles. The maximum absolute atomic E-state index is 4.22. The highest BCUT2D eigenvalue weighted by Crippen LogP contribution is 2.10. The van der Waals surface area contributed by atoms with Gasteiger partial charge in [0, 0.05) is 77.2 Å². The number of nitrogens with zero attached hydrogens (tertiary/aromatic N) is 4. The Labute approximate surface area is 109 Å². The van der Waals surface area contributed by atoms with Crippen LogP contribution in [0.2, 0.25) is 0 Å². The molecule has 0 radical (unpaired) electrons. The number of nitrogens with one attached hydrogen (secondary N) is 1. The Bertz CT molecular complexity index is 376. The molecule has 2 aliphatic heterocycles. The summed E-state index contributed by atoms with van der Waals surface area (Å²) in [4.78, 5) is 5.21. The molecule has 2 saturated heterocycles. The fourth-order valence-electron chi connectivity index (χ4n) is 2.80. The zero-order valence-corrected chi connectivity index (χ0v) is 11.2. The average molecular weight is 249 g/mol. The predicted molar refractivity (Wildman–Crippen MR) is 71.6 cm³/mol. The van der Waals surface area contributed by atoms with Crippen LogP contribution in [0.15, 0.2) is 12.3 Å². The molecule has 0 bridgehead atoms. The molecule has 100 valence electrons. The van der Waals surface area contributed by atoms with E-state index in [9.17, 15) is 0 Å². The zero-order chi connectivity index (χ0) is 12.4. The van der Waals surface area contributed by atoms with Crippen LogP contribution < -0.4 is 5.32 Å². The highest BCUT2D eigenvalue weighted by atomic mass is 15.3. The van der Waals surface area contributed by atoms with Gasteiger partial charge in [0.05, 0.1) is 0 Å². The molecule has 5 nitrogen and oxygen atoms in total. The molecular weight excluding hydrogens is 226 g/mol. The third-order valence-electron chi connectivity index (χ3n) is 4.29. The summed E-state index contributed by atoms with van der Waals surface area (Å²) >= 11 is 0. The first kappa shape index (κ1) is 12.1. The van der Waals surface area contributed by atoms with Gasteiger partial charge in [-0.15, -0.1) is 0 Å². The van der Waals surface area contributed by atoms with Crippen molar-refractivity contribution in [1.29, 1.82) is 0 Å². The van der Waals surface area contributed by atoms with E-state index in [1.54, 1.807) is 0 Å². The van der Waals surface area contributed by atoms with Crippen LogP contribution in [0.4, 0.5) is 0 Å². The fraction of sp³-hybridized carbons (Fsp3) is 0.769. The van der Waals surface area contributed by atoms with Crippen LogP contribution in [0.3, 0.4) is 0 Å². The van der Waals surface area contributed by atoms with Crippen molar-refractivity contribution in [3.63, 3.8) is 0 Å². The van der Waals surface area contributed by atoms with E-state index in [1.807, 2.05) is 17.9 Å². The van der Waals surface area contributed by atoms with Crippen LogP contribution in [0.5, 0.6) is 0 Å². The molecule has 1 aromatic rings. The van der Waals surface area contributed by atoms with Crippen LogP contribution in [0, 0.1) is 0 Å². The standard InChI is InChI=1S/C13H23N5/c1-16-12(2-4-15-16)3-5-17-6-8-18(9-7-17)13-10-14-11-13/h2,4,13-14H,3,5-11H2,1H3. The number of piperazine rings is 1. The number of hydrogen-bond acceptors (Lipinski definition) is 4. The maximum atomic E-state index is 4.22. The van der Waals surface area contributed by atoms with E-state index >= 15 is 0 Å². The van der Waals surface area contributed by atoms with Gasteiger partial charge in [-0.05, 0) is 6.07 Å². The summed E-state index contributed by atoms with van der Waals surface area (Å²) in [5.74, 6) is 0. The lowest BCUT2D eigenvalue weighted by molar-refractivity contribution is 0.0732. The lowest BCUT2D eigenvalue weighted by atomic mass is 10.1. The summed E-state index contributed by atoms with van der Waals surface area (Å²) in [6.07, 6.45) is 3.00. The van der Waals surface area contributed by atoms with Crippen LogP contribution in [0.25, 0.3) is 0 Å².